The van der Waals surface area contributed by atoms with Gasteiger partial charge in [-0.25, -0.2) is 0 Å². The van der Waals surface area contributed by atoms with Crippen LogP contribution in [0.1, 0.15) is 26.7 Å². The van der Waals surface area contributed by atoms with E-state index in [4.69, 9.17) is 0 Å². The lowest BCUT2D eigenvalue weighted by Gasteiger charge is -2.05. The Morgan fingerprint density at radius 2 is 2.30 bits per heavy atom. The van der Waals surface area contributed by atoms with Crippen molar-refractivity contribution in [2.45, 2.75) is 31.9 Å². The summed E-state index contributed by atoms with van der Waals surface area (Å²) in [7, 11) is 3.74. The number of carbonyl (C=O) groups is 1. The molecule has 0 aromatic rings. The van der Waals surface area contributed by atoms with Crippen LogP contribution in [-0.4, -0.2) is 17.3 Å². The second-order valence-corrected chi connectivity index (χ2v) is 5.15. The molecule has 10 heavy (non-hydrogen) atoms. The van der Waals surface area contributed by atoms with Crippen molar-refractivity contribution in [3.63, 3.8) is 0 Å². The lowest BCUT2D eigenvalue weighted by molar-refractivity contribution is -0.107. The maximum Gasteiger partial charge on any atom is 0.120 e. The van der Waals surface area contributed by atoms with Gasteiger partial charge in [0.25, 0.3) is 0 Å². The van der Waals surface area contributed by atoms with Gasteiger partial charge in [-0.05, 0) is 6.42 Å². The van der Waals surface area contributed by atoms with Gasteiger partial charge < -0.3 is 4.79 Å². The van der Waals surface area contributed by atoms with E-state index in [-0.39, 0.29) is 0 Å². The average Bonchev–Trinajstić information content (AvgIpc) is 1.97. The van der Waals surface area contributed by atoms with Crippen molar-refractivity contribution in [1.29, 1.82) is 0 Å². The van der Waals surface area contributed by atoms with Crippen LogP contribution in [0.25, 0.3) is 0 Å². The Morgan fingerprint density at radius 3 is 2.80 bits per heavy atom. The number of carbonyl (C=O) groups excluding carboxylic acids is 1. The molecule has 0 aliphatic heterocycles. The van der Waals surface area contributed by atoms with E-state index in [1.807, 2.05) is 21.6 Å². The molecule has 0 aliphatic rings. The van der Waals surface area contributed by atoms with Gasteiger partial charge in [-0.1, -0.05) is 35.4 Å². The summed E-state index contributed by atoms with van der Waals surface area (Å²) >= 11 is 0. The minimum absolute atomic E-state index is 0.621. The molecule has 1 atom stereocenters. The first-order chi connectivity index (χ1) is 4.81. The standard InChI is InChI=1S/C7H14OS2/c1-3-9-10-7(2)5-4-6-8/h6-7H,3-5H2,1-2H3. The summed E-state index contributed by atoms with van der Waals surface area (Å²) in [6.07, 6.45) is 2.72. The Kier molecular flexibility index (Phi) is 7.75. The van der Waals surface area contributed by atoms with Gasteiger partial charge in [0, 0.05) is 17.4 Å². The highest BCUT2D eigenvalue weighted by Crippen LogP contribution is 2.28. The average molecular weight is 178 g/mol. The third-order valence-corrected chi connectivity index (χ3v) is 4.08. The van der Waals surface area contributed by atoms with Gasteiger partial charge >= 0.3 is 0 Å². The van der Waals surface area contributed by atoms with Gasteiger partial charge in [0.15, 0.2) is 0 Å². The van der Waals surface area contributed by atoms with Crippen molar-refractivity contribution in [1.82, 2.24) is 0 Å². The van der Waals surface area contributed by atoms with Crippen molar-refractivity contribution in [2.24, 2.45) is 0 Å². The van der Waals surface area contributed by atoms with E-state index in [1.165, 1.54) is 0 Å². The molecule has 0 aromatic heterocycles. The second kappa shape index (κ2) is 7.48. The molecule has 0 saturated heterocycles. The summed E-state index contributed by atoms with van der Waals surface area (Å²) in [6, 6.07) is 0. The molecule has 0 spiro atoms. The monoisotopic (exact) mass is 178 g/mol. The van der Waals surface area contributed by atoms with Gasteiger partial charge in [-0.2, -0.15) is 0 Å². The third-order valence-electron chi connectivity index (χ3n) is 1.04. The normalized spacial score (nSPS) is 13.0. The second-order valence-electron chi connectivity index (χ2n) is 2.06. The molecule has 0 amide bonds. The number of aldehydes is 1. The first-order valence-corrected chi connectivity index (χ1v) is 5.91. The summed E-state index contributed by atoms with van der Waals surface area (Å²) in [4.78, 5) is 9.97. The maximum atomic E-state index is 9.97. The molecule has 1 nitrogen and oxygen atoms in total. The summed E-state index contributed by atoms with van der Waals surface area (Å²) in [5.41, 5.74) is 0. The third kappa shape index (κ3) is 6.49. The van der Waals surface area contributed by atoms with Crippen LogP contribution in [0.4, 0.5) is 0 Å². The zero-order valence-electron chi connectivity index (χ0n) is 6.50. The van der Waals surface area contributed by atoms with E-state index in [2.05, 4.69) is 13.8 Å². The molecule has 0 saturated carbocycles. The van der Waals surface area contributed by atoms with Crippen molar-refractivity contribution < 1.29 is 4.79 Å². The predicted octanol–water partition coefficient (Wildman–Crippen LogP) is 2.76. The van der Waals surface area contributed by atoms with E-state index in [1.54, 1.807) is 0 Å². The molecule has 0 rings (SSSR count). The minimum Gasteiger partial charge on any atom is -0.303 e. The molecule has 1 unspecified atom stereocenters. The van der Waals surface area contributed by atoms with Crippen LogP contribution in [0, 0.1) is 0 Å². The first-order valence-electron chi connectivity index (χ1n) is 3.53. The first kappa shape index (κ1) is 10.4. The summed E-state index contributed by atoms with van der Waals surface area (Å²) in [5, 5.41) is 0.621. The Balaban J connectivity index is 3.07. The van der Waals surface area contributed by atoms with Gasteiger partial charge in [0.2, 0.25) is 0 Å². The fourth-order valence-electron chi connectivity index (χ4n) is 0.535. The zero-order valence-corrected chi connectivity index (χ0v) is 8.13. The summed E-state index contributed by atoms with van der Waals surface area (Å²) in [5.74, 6) is 1.15. The molecule has 0 fully saturated rings. The van der Waals surface area contributed by atoms with Crippen LogP contribution in [0.3, 0.4) is 0 Å². The minimum atomic E-state index is 0.621. The fourth-order valence-corrected chi connectivity index (χ4v) is 2.53. The van der Waals surface area contributed by atoms with E-state index in [0.29, 0.717) is 11.7 Å². The van der Waals surface area contributed by atoms with Crippen LogP contribution >= 0.6 is 21.6 Å². The zero-order chi connectivity index (χ0) is 7.82. The van der Waals surface area contributed by atoms with Crippen LogP contribution in [0.5, 0.6) is 0 Å². The Bertz CT molecular complexity index is 85.7. The predicted molar refractivity (Wildman–Crippen MR) is 50.5 cm³/mol. The van der Waals surface area contributed by atoms with E-state index >= 15 is 0 Å². The van der Waals surface area contributed by atoms with E-state index < -0.39 is 0 Å². The largest absolute Gasteiger partial charge is 0.303 e. The highest BCUT2D eigenvalue weighted by Gasteiger charge is 2.00. The molecule has 60 valence electrons. The van der Waals surface area contributed by atoms with Gasteiger partial charge in [0.05, 0.1) is 0 Å². The lowest BCUT2D eigenvalue weighted by atomic mass is 10.3. The molecule has 0 aromatic carbocycles. The molecular formula is C7H14OS2. The summed E-state index contributed by atoms with van der Waals surface area (Å²) in [6.45, 7) is 4.31. The quantitative estimate of drug-likeness (QED) is 0.460. The number of hydrogen-bond donors (Lipinski definition) is 0. The van der Waals surface area contributed by atoms with Crippen LogP contribution in [0.15, 0.2) is 0 Å². The van der Waals surface area contributed by atoms with Crippen LogP contribution < -0.4 is 0 Å². The molecule has 0 N–H and O–H groups in total. The van der Waals surface area contributed by atoms with Crippen molar-refractivity contribution >= 4 is 27.9 Å². The Morgan fingerprint density at radius 1 is 1.60 bits per heavy atom. The van der Waals surface area contributed by atoms with Gasteiger partial charge in [-0.15, -0.1) is 0 Å². The maximum absolute atomic E-state index is 9.97. The lowest BCUT2D eigenvalue weighted by Crippen LogP contribution is -1.93. The molecule has 3 heteroatoms. The van der Waals surface area contributed by atoms with Crippen molar-refractivity contribution in [3.8, 4) is 0 Å². The highest BCUT2D eigenvalue weighted by atomic mass is 33.1. The van der Waals surface area contributed by atoms with Gasteiger partial charge in [-0.3, -0.25) is 0 Å². The van der Waals surface area contributed by atoms with Crippen molar-refractivity contribution in [3.05, 3.63) is 0 Å². The number of rotatable bonds is 6. The smallest absolute Gasteiger partial charge is 0.120 e. The molecular weight excluding hydrogens is 164 g/mol. The molecule has 0 aliphatic carbocycles. The van der Waals surface area contributed by atoms with E-state index in [9.17, 15) is 4.79 Å². The molecule has 0 bridgehead atoms. The molecule has 0 radical (unpaired) electrons. The number of hydrogen-bond acceptors (Lipinski definition) is 3. The highest BCUT2D eigenvalue weighted by molar-refractivity contribution is 8.76. The molecule has 0 heterocycles. The van der Waals surface area contributed by atoms with Crippen LogP contribution in [-0.2, 0) is 4.79 Å². The van der Waals surface area contributed by atoms with Crippen molar-refractivity contribution in [2.75, 3.05) is 5.75 Å². The Labute approximate surface area is 70.7 Å². The van der Waals surface area contributed by atoms with Gasteiger partial charge in [0.1, 0.15) is 6.29 Å². The van der Waals surface area contributed by atoms with Crippen LogP contribution in [0.2, 0.25) is 0 Å². The van der Waals surface area contributed by atoms with E-state index in [0.717, 1.165) is 18.5 Å². The fraction of sp³-hybridized carbons (Fsp3) is 0.857. The topological polar surface area (TPSA) is 17.1 Å². The SMILES string of the molecule is CCSSC(C)CCC=O. The Hall–Kier alpha value is 0.370. The summed E-state index contributed by atoms with van der Waals surface area (Å²) < 4.78 is 0.